The molecule has 1 aromatic carbocycles. The van der Waals surface area contributed by atoms with Crippen LogP contribution in [0.15, 0.2) is 53.7 Å². The Morgan fingerprint density at radius 2 is 1.36 bits per heavy atom. The van der Waals surface area contributed by atoms with E-state index in [1.807, 2.05) is 56.6 Å². The first-order valence-corrected chi connectivity index (χ1v) is 12.3. The Morgan fingerprint density at radius 1 is 0.861 bits per heavy atom. The maximum Gasteiger partial charge on any atom is 2.00 e. The summed E-state index contributed by atoms with van der Waals surface area (Å²) in [6.07, 6.45) is 12.2. The van der Waals surface area contributed by atoms with Crippen LogP contribution in [-0.2, 0) is 19.5 Å². The van der Waals surface area contributed by atoms with E-state index in [1.54, 1.807) is 12.4 Å². The number of hydrogen-bond donors (Lipinski definition) is 0. The van der Waals surface area contributed by atoms with Crippen LogP contribution in [0.2, 0.25) is 0 Å². The van der Waals surface area contributed by atoms with Gasteiger partial charge in [0.15, 0.2) is 0 Å². The Balaban J connectivity index is 0. The van der Waals surface area contributed by atoms with Crippen molar-refractivity contribution in [2.75, 3.05) is 19.0 Å². The minimum absolute atomic E-state index is 0. The molecule has 1 aliphatic rings. The van der Waals surface area contributed by atoms with Crippen LogP contribution in [0, 0.1) is 43.4 Å². The zero-order valence-electron chi connectivity index (χ0n) is 20.4. The molecule has 0 bridgehead atoms. The standard InChI is InChI=1S/C14H15N3.C10H14.ClH.F6P.Ru/c1-17(2)14-8-6-12(7-9-14)16-11-13-5-3-4-10-15-13;1-8(2)10-6-4-9(3)5-7-10;;1-7(2,3,4,5)6;/h3-11H,1-2H3;4-8H,1-3H3;1H;;/q;;;-1;+2/p-1. The molecule has 1 heterocycles. The summed E-state index contributed by atoms with van der Waals surface area (Å²) >= 11 is 0. The van der Waals surface area contributed by atoms with Gasteiger partial charge in [0.25, 0.3) is 0 Å². The van der Waals surface area contributed by atoms with Gasteiger partial charge in [-0.2, -0.15) is 0 Å². The van der Waals surface area contributed by atoms with Gasteiger partial charge in [-0.25, -0.2) is 0 Å². The van der Waals surface area contributed by atoms with Crippen molar-refractivity contribution in [3.8, 4) is 0 Å². The summed E-state index contributed by atoms with van der Waals surface area (Å²) in [5.41, 5.74) is 2.97. The van der Waals surface area contributed by atoms with E-state index < -0.39 is 7.81 Å². The number of halogens is 7. The van der Waals surface area contributed by atoms with E-state index in [9.17, 15) is 25.2 Å². The molecule has 0 spiro atoms. The first-order chi connectivity index (χ1) is 15.4. The van der Waals surface area contributed by atoms with E-state index in [0.29, 0.717) is 5.92 Å². The normalized spacial score (nSPS) is 16.2. The Labute approximate surface area is 229 Å². The minimum atomic E-state index is -10.7. The third kappa shape index (κ3) is 20.9. The average molecular weight is 641 g/mol. The third-order valence-corrected chi connectivity index (χ3v) is 4.14. The van der Waals surface area contributed by atoms with Crippen molar-refractivity contribution in [2.45, 2.75) is 20.8 Å². The molecule has 36 heavy (non-hydrogen) atoms. The van der Waals surface area contributed by atoms with Crippen LogP contribution in [0.4, 0.5) is 36.6 Å². The van der Waals surface area contributed by atoms with Crippen molar-refractivity contribution in [1.29, 1.82) is 0 Å². The molecule has 202 valence electrons. The SMILES string of the molecule is CN(C)c1ccc(N=Cc2ccccn2)cc1.C[C]1[CH][CH][C](C(C)C)[CH][CH]1.F[P-](F)(F)(F)(F)F.[Cl-].[Ru+2]. The Hall–Kier alpha value is -1.24. The molecule has 3 nitrogen and oxygen atoms in total. The fourth-order valence-corrected chi connectivity index (χ4v) is 2.38. The summed E-state index contributed by atoms with van der Waals surface area (Å²) in [4.78, 5) is 10.6. The molecule has 1 aliphatic carbocycles. The monoisotopic (exact) mass is 641 g/mol. The van der Waals surface area contributed by atoms with Crippen LogP contribution < -0.4 is 17.3 Å². The van der Waals surface area contributed by atoms with Gasteiger partial charge >= 0.3 is 52.5 Å². The number of rotatable bonds is 4. The van der Waals surface area contributed by atoms with Gasteiger partial charge in [0.2, 0.25) is 0 Å². The van der Waals surface area contributed by atoms with Gasteiger partial charge in [0.1, 0.15) is 0 Å². The van der Waals surface area contributed by atoms with Crippen LogP contribution >= 0.6 is 7.81 Å². The van der Waals surface area contributed by atoms with Gasteiger partial charge in [-0.05, 0) is 79.8 Å². The van der Waals surface area contributed by atoms with Gasteiger partial charge in [-0.3, -0.25) is 9.98 Å². The molecule has 1 saturated carbocycles. The molecular weight excluding hydrogens is 612 g/mol. The summed E-state index contributed by atoms with van der Waals surface area (Å²) in [6.45, 7) is 6.54. The number of pyridine rings is 1. The van der Waals surface area contributed by atoms with Gasteiger partial charge in [0.05, 0.1) is 17.6 Å². The minimum Gasteiger partial charge on any atom is -1.00 e. The second-order valence-corrected chi connectivity index (χ2v) is 9.86. The summed E-state index contributed by atoms with van der Waals surface area (Å²) in [6, 6.07) is 13.9. The fourth-order valence-electron chi connectivity index (χ4n) is 2.38. The van der Waals surface area contributed by atoms with Crippen LogP contribution in [0.3, 0.4) is 0 Å². The Kier molecular flexibility index (Phi) is 15.0. The smallest absolute Gasteiger partial charge is 1.00 e. The maximum atomic E-state index is 9.87. The van der Waals surface area contributed by atoms with Gasteiger partial charge in [-0.15, -0.1) is 0 Å². The number of aliphatic imine (C=N–C) groups is 1. The van der Waals surface area contributed by atoms with Crippen LogP contribution in [0.1, 0.15) is 26.5 Å². The molecule has 0 amide bonds. The van der Waals surface area contributed by atoms with E-state index in [1.165, 1.54) is 17.5 Å². The van der Waals surface area contributed by atoms with Crippen LogP contribution in [0.5, 0.6) is 0 Å². The zero-order valence-corrected chi connectivity index (χ0v) is 23.8. The number of aromatic nitrogens is 1. The number of anilines is 1. The van der Waals surface area contributed by atoms with E-state index in [4.69, 9.17) is 0 Å². The molecule has 3 rings (SSSR count). The number of hydrogen-bond acceptors (Lipinski definition) is 3. The summed E-state index contributed by atoms with van der Waals surface area (Å²) < 4.78 is 59.2. The second-order valence-electron chi connectivity index (χ2n) is 7.95. The van der Waals surface area contributed by atoms with Crippen molar-refractivity contribution < 1.29 is 57.1 Å². The first kappa shape index (κ1) is 36.9. The van der Waals surface area contributed by atoms with Gasteiger partial charge in [0, 0.05) is 26.0 Å². The second kappa shape index (κ2) is 14.6. The summed E-state index contributed by atoms with van der Waals surface area (Å²) in [5, 5.41) is 0. The fraction of sp³-hybridized carbons (Fsp3) is 0.250. The third-order valence-electron chi connectivity index (χ3n) is 4.14. The van der Waals surface area contributed by atoms with Crippen LogP contribution in [0.25, 0.3) is 0 Å². The van der Waals surface area contributed by atoms with Crippen molar-refractivity contribution in [1.82, 2.24) is 4.98 Å². The predicted molar refractivity (Wildman–Crippen MR) is 130 cm³/mol. The van der Waals surface area contributed by atoms with E-state index in [-0.39, 0.29) is 31.9 Å². The van der Waals surface area contributed by atoms with E-state index in [0.717, 1.165) is 11.4 Å². The van der Waals surface area contributed by atoms with Crippen molar-refractivity contribution in [3.63, 3.8) is 0 Å². The molecule has 0 aliphatic heterocycles. The van der Waals surface area contributed by atoms with Crippen molar-refractivity contribution in [3.05, 3.63) is 91.9 Å². The van der Waals surface area contributed by atoms with Gasteiger partial charge < -0.3 is 17.3 Å². The Morgan fingerprint density at radius 3 is 1.75 bits per heavy atom. The molecule has 2 aromatic rings. The number of nitrogens with zero attached hydrogens (tertiary/aromatic N) is 3. The molecule has 0 saturated heterocycles. The topological polar surface area (TPSA) is 28.5 Å². The van der Waals surface area contributed by atoms with E-state index >= 15 is 0 Å². The van der Waals surface area contributed by atoms with Crippen LogP contribution in [-0.4, -0.2) is 25.3 Å². The van der Waals surface area contributed by atoms with Gasteiger partial charge in [-0.1, -0.05) is 26.8 Å². The zero-order chi connectivity index (χ0) is 26.1. The largest absolute Gasteiger partial charge is 2.00 e. The summed E-state index contributed by atoms with van der Waals surface area (Å²) in [5.74, 6) is 3.41. The molecule has 1 aromatic heterocycles. The quantitative estimate of drug-likeness (QED) is 0.180. The summed E-state index contributed by atoms with van der Waals surface area (Å²) in [7, 11) is -6.62. The van der Waals surface area contributed by atoms with Crippen molar-refractivity contribution in [2.24, 2.45) is 10.9 Å². The molecule has 0 atom stereocenters. The first-order valence-electron chi connectivity index (χ1n) is 10.3. The molecule has 1 fully saturated rings. The Bertz CT molecular complexity index is 877. The predicted octanol–water partition coefficient (Wildman–Crippen LogP) is 5.92. The molecule has 6 radical (unpaired) electrons. The van der Waals surface area contributed by atoms with Crippen molar-refractivity contribution >= 4 is 25.4 Å². The maximum absolute atomic E-state index is 10.7. The molecular formula is C24H29ClF6N3PRu. The average Bonchev–Trinajstić information content (AvgIpc) is 2.72. The van der Waals surface area contributed by atoms with E-state index in [2.05, 4.69) is 61.3 Å². The molecule has 12 heteroatoms. The molecule has 0 unspecified atom stereocenters. The molecule has 0 N–H and O–H groups in total. The number of benzene rings is 1.